The number of aromatic nitrogens is 3. The molecule has 0 fully saturated rings. The van der Waals surface area contributed by atoms with Crippen LogP contribution in [-0.4, -0.2) is 39.5 Å². The number of imidazole rings is 1. The summed E-state index contributed by atoms with van der Waals surface area (Å²) in [6.45, 7) is 3.91. The van der Waals surface area contributed by atoms with E-state index in [4.69, 9.17) is 13.9 Å². The molecule has 0 spiro atoms. The summed E-state index contributed by atoms with van der Waals surface area (Å²) in [6, 6.07) is 0. The first-order valence-electron chi connectivity index (χ1n) is 6.74. The predicted molar refractivity (Wildman–Crippen MR) is 74.7 cm³/mol. The quantitative estimate of drug-likeness (QED) is 0.678. The smallest absolute Gasteiger partial charge is 0.358 e. The normalized spacial score (nSPS) is 11.0. The Balaban J connectivity index is 2.18. The Morgan fingerprint density at radius 3 is 2.68 bits per heavy atom. The number of nitrogens with zero attached hydrogens (tertiary/aromatic N) is 3. The highest BCUT2D eigenvalue weighted by Crippen LogP contribution is 2.24. The zero-order valence-corrected chi connectivity index (χ0v) is 12.0. The van der Waals surface area contributed by atoms with Crippen molar-refractivity contribution in [3.63, 3.8) is 0 Å². The van der Waals surface area contributed by atoms with Crippen LogP contribution in [0.4, 0.5) is 0 Å². The van der Waals surface area contributed by atoms with E-state index >= 15 is 0 Å². The minimum atomic E-state index is -0.541. The molecule has 0 atom stereocenters. The molecule has 22 heavy (non-hydrogen) atoms. The van der Waals surface area contributed by atoms with Crippen LogP contribution >= 0.6 is 0 Å². The SMILES string of the molecule is CCOC(=O)c1cn2cnc3occ(C(=O)OCC)c3c2n1. The van der Waals surface area contributed by atoms with Gasteiger partial charge in [-0.1, -0.05) is 0 Å². The number of carbonyl (C=O) groups is 2. The highest BCUT2D eigenvalue weighted by molar-refractivity contribution is 6.08. The fraction of sp³-hybridized carbons (Fsp3) is 0.286. The topological polar surface area (TPSA) is 95.9 Å². The highest BCUT2D eigenvalue weighted by Gasteiger charge is 2.21. The molecule has 0 saturated heterocycles. The molecule has 0 aliphatic rings. The summed E-state index contributed by atoms with van der Waals surface area (Å²) < 4.78 is 16.7. The molecular formula is C14H13N3O5. The van der Waals surface area contributed by atoms with E-state index in [-0.39, 0.29) is 30.2 Å². The number of ether oxygens (including phenoxy) is 2. The van der Waals surface area contributed by atoms with Gasteiger partial charge < -0.3 is 13.9 Å². The Kier molecular flexibility index (Phi) is 3.50. The van der Waals surface area contributed by atoms with Gasteiger partial charge in [0.15, 0.2) is 11.3 Å². The minimum Gasteiger partial charge on any atom is -0.462 e. The maximum Gasteiger partial charge on any atom is 0.358 e. The van der Waals surface area contributed by atoms with Crippen LogP contribution in [0, 0.1) is 0 Å². The van der Waals surface area contributed by atoms with Crippen LogP contribution in [0.25, 0.3) is 16.7 Å². The van der Waals surface area contributed by atoms with Gasteiger partial charge in [-0.2, -0.15) is 0 Å². The average molecular weight is 303 g/mol. The first kappa shape index (κ1) is 14.1. The van der Waals surface area contributed by atoms with E-state index in [1.165, 1.54) is 23.2 Å². The Labute approximate surface area is 124 Å². The third kappa shape index (κ3) is 2.18. The van der Waals surface area contributed by atoms with Crippen molar-refractivity contribution in [3.05, 3.63) is 30.0 Å². The Bertz CT molecular complexity index is 864. The van der Waals surface area contributed by atoms with Gasteiger partial charge in [-0.15, -0.1) is 0 Å². The molecule has 0 amide bonds. The van der Waals surface area contributed by atoms with Crippen molar-refractivity contribution >= 4 is 28.7 Å². The maximum atomic E-state index is 12.0. The summed E-state index contributed by atoms with van der Waals surface area (Å²) in [7, 11) is 0. The monoisotopic (exact) mass is 303 g/mol. The number of rotatable bonds is 4. The van der Waals surface area contributed by atoms with E-state index in [9.17, 15) is 9.59 Å². The molecule has 114 valence electrons. The average Bonchev–Trinajstić information content (AvgIpc) is 3.11. The lowest BCUT2D eigenvalue weighted by molar-refractivity contribution is 0.0514. The van der Waals surface area contributed by atoms with Crippen molar-refractivity contribution in [2.75, 3.05) is 13.2 Å². The number of hydrogen-bond donors (Lipinski definition) is 0. The number of hydrogen-bond acceptors (Lipinski definition) is 7. The van der Waals surface area contributed by atoms with Crippen molar-refractivity contribution in [2.45, 2.75) is 13.8 Å². The van der Waals surface area contributed by atoms with Crippen LogP contribution < -0.4 is 0 Å². The molecule has 3 heterocycles. The molecule has 0 radical (unpaired) electrons. The van der Waals surface area contributed by atoms with Gasteiger partial charge in [-0.25, -0.2) is 19.6 Å². The summed E-state index contributed by atoms with van der Waals surface area (Å²) in [5.74, 6) is -1.07. The molecule has 0 N–H and O–H groups in total. The van der Waals surface area contributed by atoms with Gasteiger partial charge in [0, 0.05) is 6.20 Å². The van der Waals surface area contributed by atoms with Gasteiger partial charge >= 0.3 is 11.9 Å². The second-order valence-electron chi connectivity index (χ2n) is 4.37. The molecule has 8 heteroatoms. The number of furan rings is 1. The first-order chi connectivity index (χ1) is 10.7. The molecule has 3 rings (SSSR count). The van der Waals surface area contributed by atoms with Crippen LogP contribution in [0.15, 0.2) is 23.2 Å². The molecule has 0 unspecified atom stereocenters. The molecular weight excluding hydrogens is 290 g/mol. The summed E-state index contributed by atoms with van der Waals surface area (Å²) in [5.41, 5.74) is 0.976. The third-order valence-corrected chi connectivity index (χ3v) is 3.01. The van der Waals surface area contributed by atoms with Crippen molar-refractivity contribution in [3.8, 4) is 0 Å². The van der Waals surface area contributed by atoms with Crippen LogP contribution in [-0.2, 0) is 9.47 Å². The molecule has 3 aromatic rings. The molecule has 3 aromatic heterocycles. The fourth-order valence-electron chi connectivity index (χ4n) is 2.10. The van der Waals surface area contributed by atoms with E-state index in [2.05, 4.69) is 9.97 Å². The van der Waals surface area contributed by atoms with E-state index in [0.29, 0.717) is 11.0 Å². The van der Waals surface area contributed by atoms with Gasteiger partial charge in [0.05, 0.1) is 18.6 Å². The standard InChI is InChI=1S/C14H13N3O5/c1-3-20-13(18)8-6-22-12-10(8)11-16-9(14(19)21-4-2)5-17(11)7-15-12/h5-7H,3-4H2,1-2H3. The molecule has 0 aliphatic heterocycles. The lowest BCUT2D eigenvalue weighted by Gasteiger charge is -1.99. The van der Waals surface area contributed by atoms with Gasteiger partial charge in [0.25, 0.3) is 0 Å². The van der Waals surface area contributed by atoms with Crippen molar-refractivity contribution in [2.24, 2.45) is 0 Å². The van der Waals surface area contributed by atoms with Crippen molar-refractivity contribution in [1.29, 1.82) is 0 Å². The van der Waals surface area contributed by atoms with E-state index in [1.54, 1.807) is 13.8 Å². The molecule has 0 saturated carbocycles. The third-order valence-electron chi connectivity index (χ3n) is 3.01. The molecule has 0 aliphatic carbocycles. The van der Waals surface area contributed by atoms with Crippen LogP contribution in [0.5, 0.6) is 0 Å². The molecule has 0 bridgehead atoms. The van der Waals surface area contributed by atoms with Crippen LogP contribution in [0.3, 0.4) is 0 Å². The van der Waals surface area contributed by atoms with E-state index < -0.39 is 11.9 Å². The van der Waals surface area contributed by atoms with Gasteiger partial charge in [-0.3, -0.25) is 4.40 Å². The Morgan fingerprint density at radius 2 is 1.95 bits per heavy atom. The van der Waals surface area contributed by atoms with Crippen molar-refractivity contribution in [1.82, 2.24) is 14.4 Å². The Morgan fingerprint density at radius 1 is 1.23 bits per heavy atom. The molecule has 8 nitrogen and oxygen atoms in total. The predicted octanol–water partition coefficient (Wildman–Crippen LogP) is 1.83. The zero-order valence-electron chi connectivity index (χ0n) is 12.0. The Hall–Kier alpha value is -2.90. The largest absolute Gasteiger partial charge is 0.462 e. The van der Waals surface area contributed by atoms with E-state index in [0.717, 1.165) is 0 Å². The minimum absolute atomic E-state index is 0.132. The number of esters is 2. The lowest BCUT2D eigenvalue weighted by atomic mass is 10.2. The van der Waals surface area contributed by atoms with Crippen molar-refractivity contribution < 1.29 is 23.5 Å². The van der Waals surface area contributed by atoms with Gasteiger partial charge in [0.1, 0.15) is 18.2 Å². The van der Waals surface area contributed by atoms with Gasteiger partial charge in [-0.05, 0) is 13.8 Å². The second kappa shape index (κ2) is 5.47. The number of fused-ring (bicyclic) bond motifs is 3. The van der Waals surface area contributed by atoms with Gasteiger partial charge in [0.2, 0.25) is 5.71 Å². The first-order valence-corrected chi connectivity index (χ1v) is 6.74. The van der Waals surface area contributed by atoms with E-state index in [1.807, 2.05) is 0 Å². The highest BCUT2D eigenvalue weighted by atomic mass is 16.5. The molecule has 0 aromatic carbocycles. The van der Waals surface area contributed by atoms with Crippen LogP contribution in [0.2, 0.25) is 0 Å². The summed E-state index contributed by atoms with van der Waals surface area (Å²) in [6.07, 6.45) is 4.21. The zero-order chi connectivity index (χ0) is 15.7. The summed E-state index contributed by atoms with van der Waals surface area (Å²) in [4.78, 5) is 32.0. The van der Waals surface area contributed by atoms with Crippen LogP contribution in [0.1, 0.15) is 34.7 Å². The summed E-state index contributed by atoms with van der Waals surface area (Å²) >= 11 is 0. The number of carbonyl (C=O) groups excluding carboxylic acids is 2. The summed E-state index contributed by atoms with van der Waals surface area (Å²) in [5, 5.41) is 0.400. The fourth-order valence-corrected chi connectivity index (χ4v) is 2.10. The lowest BCUT2D eigenvalue weighted by Crippen LogP contribution is -2.05. The maximum absolute atomic E-state index is 12.0. The second-order valence-corrected chi connectivity index (χ2v) is 4.37.